The Morgan fingerprint density at radius 1 is 0.667 bits per heavy atom. The van der Waals surface area contributed by atoms with E-state index >= 15 is 0 Å². The third kappa shape index (κ3) is 13.3. The van der Waals surface area contributed by atoms with Gasteiger partial charge < -0.3 is 12.4 Å². The van der Waals surface area contributed by atoms with Gasteiger partial charge >= 0.3 is 0 Å². The number of unbranched alkanes of at least 4 members (excludes halogenated alkanes) is 14. The second-order valence-corrected chi connectivity index (χ2v) is 8.22. The van der Waals surface area contributed by atoms with Crippen LogP contribution in [0.4, 0.5) is 0 Å². The van der Waals surface area contributed by atoms with Crippen LogP contribution in [-0.2, 0) is 13.0 Å². The Bertz CT molecular complexity index is 428. The molecule has 0 spiro atoms. The first-order valence-corrected chi connectivity index (χ1v) is 11.9. The zero-order chi connectivity index (χ0) is 18.9. The molecule has 0 saturated carbocycles. The molecule has 1 aromatic rings. The Morgan fingerprint density at radius 3 is 1.63 bits per heavy atom. The first-order chi connectivity index (χ1) is 12.8. The summed E-state index contributed by atoms with van der Waals surface area (Å²) in [6.45, 7) is 8.02. The van der Waals surface area contributed by atoms with Crippen molar-refractivity contribution in [2.45, 2.75) is 136 Å². The molecule has 0 aliphatic rings. The molecule has 0 radical (unpaired) electrons. The first kappa shape index (κ1) is 26.5. The van der Waals surface area contributed by atoms with E-state index in [1.165, 1.54) is 127 Å². The average Bonchev–Trinajstić information content (AvgIpc) is 2.99. The SMILES string of the molecule is CCCCCCCCCCc1c[nH]c(C)[n+]1CCCCCCCCCC.[Cl-]. The molecule has 1 heterocycles. The fourth-order valence-corrected chi connectivity index (χ4v) is 3.92. The number of hydrogen-bond acceptors (Lipinski definition) is 0. The molecule has 1 rings (SSSR count). The van der Waals surface area contributed by atoms with Gasteiger partial charge in [-0.3, -0.25) is 0 Å². The number of aryl methyl sites for hydroxylation is 2. The van der Waals surface area contributed by atoms with Crippen LogP contribution in [-0.4, -0.2) is 4.98 Å². The highest BCUT2D eigenvalue weighted by atomic mass is 35.5. The number of rotatable bonds is 18. The van der Waals surface area contributed by atoms with Gasteiger partial charge in [-0.2, -0.15) is 0 Å². The largest absolute Gasteiger partial charge is 1.00 e. The molecule has 0 aromatic carbocycles. The van der Waals surface area contributed by atoms with Crippen LogP contribution < -0.4 is 17.0 Å². The number of nitrogens with one attached hydrogen (secondary N) is 1. The number of halogens is 1. The van der Waals surface area contributed by atoms with E-state index in [4.69, 9.17) is 0 Å². The molecule has 0 atom stereocenters. The number of imidazole rings is 1. The van der Waals surface area contributed by atoms with Crippen LogP contribution >= 0.6 is 0 Å². The van der Waals surface area contributed by atoms with Gasteiger partial charge in [0, 0.05) is 13.3 Å². The van der Waals surface area contributed by atoms with Crippen LogP contribution in [0.15, 0.2) is 6.20 Å². The highest BCUT2D eigenvalue weighted by Crippen LogP contribution is 2.11. The second-order valence-electron chi connectivity index (χ2n) is 8.22. The summed E-state index contributed by atoms with van der Waals surface area (Å²) < 4.78 is 2.54. The Kier molecular flexibility index (Phi) is 18.5. The summed E-state index contributed by atoms with van der Waals surface area (Å²) in [5.41, 5.74) is 1.52. The maximum Gasteiger partial charge on any atom is 0.251 e. The molecule has 3 heteroatoms. The standard InChI is InChI=1S/C24H46N2.ClH/c1-4-6-8-10-12-14-16-18-20-24-22-25-23(3)26(24)21-19-17-15-13-11-9-7-5-2;/h22H,4-21H2,1-3H3;1H. The van der Waals surface area contributed by atoms with Crippen LogP contribution in [0.3, 0.4) is 0 Å². The van der Waals surface area contributed by atoms with Crippen LogP contribution in [0, 0.1) is 6.92 Å². The lowest BCUT2D eigenvalue weighted by Gasteiger charge is -2.05. The Morgan fingerprint density at radius 2 is 1.11 bits per heavy atom. The molecule has 0 aliphatic carbocycles. The van der Waals surface area contributed by atoms with E-state index in [0.29, 0.717) is 0 Å². The molecule has 0 bridgehead atoms. The lowest BCUT2D eigenvalue weighted by atomic mass is 10.1. The van der Waals surface area contributed by atoms with Crippen molar-refractivity contribution in [3.8, 4) is 0 Å². The van der Waals surface area contributed by atoms with Gasteiger partial charge in [0.2, 0.25) is 0 Å². The summed E-state index contributed by atoms with van der Waals surface area (Å²) in [7, 11) is 0. The predicted octanol–water partition coefficient (Wildman–Crippen LogP) is 4.44. The summed E-state index contributed by atoms with van der Waals surface area (Å²) in [6.07, 6.45) is 26.0. The van der Waals surface area contributed by atoms with Crippen molar-refractivity contribution in [3.63, 3.8) is 0 Å². The van der Waals surface area contributed by atoms with Crippen molar-refractivity contribution >= 4 is 0 Å². The molecule has 0 saturated heterocycles. The zero-order valence-corrected chi connectivity index (χ0v) is 19.4. The fourth-order valence-electron chi connectivity index (χ4n) is 3.92. The molecule has 2 nitrogen and oxygen atoms in total. The van der Waals surface area contributed by atoms with Crippen molar-refractivity contribution in [2.75, 3.05) is 0 Å². The molecule has 0 amide bonds. The average molecular weight is 399 g/mol. The Balaban J connectivity index is 0.00000676. The first-order valence-electron chi connectivity index (χ1n) is 11.9. The highest BCUT2D eigenvalue weighted by Gasteiger charge is 2.13. The van der Waals surface area contributed by atoms with E-state index < -0.39 is 0 Å². The van der Waals surface area contributed by atoms with Gasteiger partial charge in [0.15, 0.2) is 0 Å². The molecular formula is C24H47ClN2. The summed E-state index contributed by atoms with van der Waals surface area (Å²) in [4.78, 5) is 3.45. The topological polar surface area (TPSA) is 19.7 Å². The van der Waals surface area contributed by atoms with Crippen molar-refractivity contribution in [1.29, 1.82) is 0 Å². The molecule has 0 unspecified atom stereocenters. The van der Waals surface area contributed by atoms with Gasteiger partial charge in [0.25, 0.3) is 5.82 Å². The predicted molar refractivity (Wildman–Crippen MR) is 115 cm³/mol. The van der Waals surface area contributed by atoms with Gasteiger partial charge in [0.05, 0.1) is 6.54 Å². The summed E-state index contributed by atoms with van der Waals surface area (Å²) in [5, 5.41) is 0. The monoisotopic (exact) mass is 398 g/mol. The van der Waals surface area contributed by atoms with E-state index in [1.807, 2.05) is 0 Å². The van der Waals surface area contributed by atoms with Crippen molar-refractivity contribution < 1.29 is 17.0 Å². The van der Waals surface area contributed by atoms with Crippen LogP contribution in [0.1, 0.15) is 128 Å². The van der Waals surface area contributed by atoms with E-state index in [1.54, 1.807) is 0 Å². The van der Waals surface area contributed by atoms with Gasteiger partial charge in [-0.15, -0.1) is 0 Å². The van der Waals surface area contributed by atoms with Crippen molar-refractivity contribution in [2.24, 2.45) is 0 Å². The summed E-state index contributed by atoms with van der Waals surface area (Å²) in [5.74, 6) is 1.34. The maximum absolute atomic E-state index is 3.45. The fraction of sp³-hybridized carbons (Fsp3) is 0.875. The molecule has 0 aliphatic heterocycles. The summed E-state index contributed by atoms with van der Waals surface area (Å²) in [6, 6.07) is 0. The second kappa shape index (κ2) is 18.8. The highest BCUT2D eigenvalue weighted by molar-refractivity contribution is 4.90. The van der Waals surface area contributed by atoms with E-state index in [9.17, 15) is 0 Å². The van der Waals surface area contributed by atoms with Crippen LogP contribution in [0.5, 0.6) is 0 Å². The zero-order valence-electron chi connectivity index (χ0n) is 18.6. The van der Waals surface area contributed by atoms with E-state index in [0.717, 1.165) is 0 Å². The van der Waals surface area contributed by atoms with Gasteiger partial charge in [0.1, 0.15) is 11.9 Å². The lowest BCUT2D eigenvalue weighted by Crippen LogP contribution is -3.00. The molecule has 1 N–H and O–H groups in total. The molecular weight excluding hydrogens is 352 g/mol. The number of aromatic nitrogens is 2. The van der Waals surface area contributed by atoms with E-state index in [2.05, 4.69) is 36.5 Å². The minimum absolute atomic E-state index is 0. The molecule has 27 heavy (non-hydrogen) atoms. The Hall–Kier alpha value is -0.500. The Labute approximate surface area is 176 Å². The third-order valence-electron chi connectivity index (χ3n) is 5.72. The van der Waals surface area contributed by atoms with Crippen LogP contribution in [0.2, 0.25) is 0 Å². The van der Waals surface area contributed by atoms with Gasteiger partial charge in [-0.25, -0.2) is 9.55 Å². The third-order valence-corrected chi connectivity index (χ3v) is 5.72. The van der Waals surface area contributed by atoms with Gasteiger partial charge in [-0.1, -0.05) is 97.3 Å². The molecule has 160 valence electrons. The minimum Gasteiger partial charge on any atom is -1.00 e. The number of H-pyrrole nitrogens is 1. The lowest BCUT2D eigenvalue weighted by molar-refractivity contribution is -0.708. The summed E-state index contributed by atoms with van der Waals surface area (Å²) >= 11 is 0. The molecule has 1 aromatic heterocycles. The minimum atomic E-state index is 0. The van der Waals surface area contributed by atoms with E-state index in [-0.39, 0.29) is 12.4 Å². The number of nitrogens with zero attached hydrogens (tertiary/aromatic N) is 1. The normalized spacial score (nSPS) is 10.9. The maximum atomic E-state index is 3.45. The number of aromatic amines is 1. The van der Waals surface area contributed by atoms with Crippen molar-refractivity contribution in [3.05, 3.63) is 17.7 Å². The molecule has 0 fully saturated rings. The van der Waals surface area contributed by atoms with Crippen LogP contribution in [0.25, 0.3) is 0 Å². The number of hydrogen-bond donors (Lipinski definition) is 1. The quantitative estimate of drug-likeness (QED) is 0.278. The van der Waals surface area contributed by atoms with Gasteiger partial charge in [-0.05, 0) is 19.3 Å². The van der Waals surface area contributed by atoms with Crippen molar-refractivity contribution in [1.82, 2.24) is 4.98 Å². The smallest absolute Gasteiger partial charge is 0.251 e.